The van der Waals surface area contributed by atoms with E-state index in [1.807, 2.05) is 0 Å². The van der Waals surface area contributed by atoms with Gasteiger partial charge in [0.05, 0.1) is 5.92 Å². The number of aromatic amines is 1. The zero-order valence-electron chi connectivity index (χ0n) is 11.3. The SMILES string of the molecule is O=C(O)C1CCCN(C(=O)c2cc3cc(F)ccc3[nH]2)C1. The molecule has 5 nitrogen and oxygen atoms in total. The minimum Gasteiger partial charge on any atom is -0.481 e. The Bertz CT molecular complexity index is 710. The number of carbonyl (C=O) groups is 2. The molecule has 21 heavy (non-hydrogen) atoms. The van der Waals surface area contributed by atoms with Crippen molar-refractivity contribution in [3.05, 3.63) is 35.8 Å². The van der Waals surface area contributed by atoms with E-state index in [9.17, 15) is 14.0 Å². The van der Waals surface area contributed by atoms with Crippen LogP contribution in [0.15, 0.2) is 24.3 Å². The maximum absolute atomic E-state index is 13.2. The number of nitrogens with zero attached hydrogens (tertiary/aromatic N) is 1. The van der Waals surface area contributed by atoms with Gasteiger partial charge in [0.1, 0.15) is 11.5 Å². The van der Waals surface area contributed by atoms with Gasteiger partial charge in [-0.05, 0) is 37.1 Å². The first kappa shape index (κ1) is 13.6. The second-order valence-corrected chi connectivity index (χ2v) is 5.34. The Labute approximate surface area is 120 Å². The second kappa shape index (κ2) is 5.20. The molecule has 2 aromatic rings. The summed E-state index contributed by atoms with van der Waals surface area (Å²) in [6.45, 7) is 0.768. The highest BCUT2D eigenvalue weighted by atomic mass is 19.1. The van der Waals surface area contributed by atoms with Gasteiger partial charge in [0.2, 0.25) is 0 Å². The van der Waals surface area contributed by atoms with Crippen LogP contribution in [0.25, 0.3) is 10.9 Å². The number of aliphatic carboxylic acids is 1. The zero-order chi connectivity index (χ0) is 15.0. The molecule has 3 rings (SSSR count). The summed E-state index contributed by atoms with van der Waals surface area (Å²) in [5, 5.41) is 9.70. The van der Waals surface area contributed by atoms with Crippen LogP contribution in [-0.4, -0.2) is 40.0 Å². The number of aromatic nitrogens is 1. The van der Waals surface area contributed by atoms with Gasteiger partial charge in [-0.3, -0.25) is 9.59 Å². The quantitative estimate of drug-likeness (QED) is 0.891. The lowest BCUT2D eigenvalue weighted by molar-refractivity contribution is -0.143. The van der Waals surface area contributed by atoms with E-state index >= 15 is 0 Å². The molecular weight excluding hydrogens is 275 g/mol. The van der Waals surface area contributed by atoms with Crippen LogP contribution in [0.3, 0.4) is 0 Å². The van der Waals surface area contributed by atoms with Crippen LogP contribution in [-0.2, 0) is 4.79 Å². The van der Waals surface area contributed by atoms with Crippen LogP contribution >= 0.6 is 0 Å². The fraction of sp³-hybridized carbons (Fsp3) is 0.333. The van der Waals surface area contributed by atoms with E-state index in [2.05, 4.69) is 4.98 Å². The Hall–Kier alpha value is -2.37. The summed E-state index contributed by atoms with van der Waals surface area (Å²) in [6.07, 6.45) is 1.27. The number of carboxylic acid groups (broad SMARTS) is 1. The summed E-state index contributed by atoms with van der Waals surface area (Å²) in [6, 6.07) is 5.87. The third-order valence-electron chi connectivity index (χ3n) is 3.87. The van der Waals surface area contributed by atoms with Crippen molar-refractivity contribution in [1.29, 1.82) is 0 Å². The van der Waals surface area contributed by atoms with Gasteiger partial charge >= 0.3 is 5.97 Å². The van der Waals surface area contributed by atoms with Crippen molar-refractivity contribution < 1.29 is 19.1 Å². The maximum atomic E-state index is 13.2. The van der Waals surface area contributed by atoms with E-state index in [1.54, 1.807) is 17.0 Å². The molecule has 0 bridgehead atoms. The molecule has 1 amide bonds. The van der Waals surface area contributed by atoms with Gasteiger partial charge in [-0.1, -0.05) is 0 Å². The number of hydrogen-bond acceptors (Lipinski definition) is 2. The van der Waals surface area contributed by atoms with Crippen LogP contribution in [0.2, 0.25) is 0 Å². The van der Waals surface area contributed by atoms with Crippen molar-refractivity contribution in [3.8, 4) is 0 Å². The molecular formula is C15H15FN2O3. The van der Waals surface area contributed by atoms with Crippen LogP contribution < -0.4 is 0 Å². The van der Waals surface area contributed by atoms with E-state index in [1.165, 1.54) is 12.1 Å². The molecule has 1 aliphatic rings. The highest BCUT2D eigenvalue weighted by Crippen LogP contribution is 2.21. The number of halogens is 1. The van der Waals surface area contributed by atoms with Crippen LogP contribution in [0.4, 0.5) is 4.39 Å². The summed E-state index contributed by atoms with van der Waals surface area (Å²) in [5.74, 6) is -1.97. The van der Waals surface area contributed by atoms with Crippen molar-refractivity contribution in [3.63, 3.8) is 0 Å². The van der Waals surface area contributed by atoms with Crippen molar-refractivity contribution in [2.75, 3.05) is 13.1 Å². The zero-order valence-corrected chi connectivity index (χ0v) is 11.3. The summed E-state index contributed by atoms with van der Waals surface area (Å²) in [7, 11) is 0. The molecule has 1 aromatic heterocycles. The van der Waals surface area contributed by atoms with Crippen LogP contribution in [0.1, 0.15) is 23.3 Å². The number of fused-ring (bicyclic) bond motifs is 1. The Morgan fingerprint density at radius 2 is 2.14 bits per heavy atom. The number of carboxylic acids is 1. The Balaban J connectivity index is 1.84. The number of likely N-dealkylation sites (tertiary alicyclic amines) is 1. The molecule has 0 radical (unpaired) electrons. The van der Waals surface area contributed by atoms with Gasteiger partial charge in [0.15, 0.2) is 0 Å². The van der Waals surface area contributed by atoms with Crippen LogP contribution in [0, 0.1) is 11.7 Å². The molecule has 1 fully saturated rings. The van der Waals surface area contributed by atoms with Gasteiger partial charge in [0, 0.05) is 24.0 Å². The lowest BCUT2D eigenvalue weighted by atomic mass is 9.98. The monoisotopic (exact) mass is 290 g/mol. The molecule has 1 atom stereocenters. The summed E-state index contributed by atoms with van der Waals surface area (Å²) < 4.78 is 13.2. The first-order valence-corrected chi connectivity index (χ1v) is 6.85. The minimum atomic E-state index is -0.869. The number of piperidine rings is 1. The smallest absolute Gasteiger partial charge is 0.308 e. The normalized spacial score (nSPS) is 18.9. The molecule has 6 heteroatoms. The highest BCUT2D eigenvalue weighted by Gasteiger charge is 2.29. The number of hydrogen-bond donors (Lipinski definition) is 2. The predicted molar refractivity (Wildman–Crippen MR) is 74.5 cm³/mol. The molecule has 1 saturated heterocycles. The van der Waals surface area contributed by atoms with Gasteiger partial charge in [-0.2, -0.15) is 0 Å². The van der Waals surface area contributed by atoms with Crippen molar-refractivity contribution in [1.82, 2.24) is 9.88 Å². The van der Waals surface area contributed by atoms with E-state index < -0.39 is 11.9 Å². The molecule has 2 heterocycles. The van der Waals surface area contributed by atoms with Crippen molar-refractivity contribution in [2.45, 2.75) is 12.8 Å². The molecule has 1 unspecified atom stereocenters. The number of nitrogens with one attached hydrogen (secondary N) is 1. The van der Waals surface area contributed by atoms with E-state index in [-0.39, 0.29) is 18.3 Å². The summed E-state index contributed by atoms with van der Waals surface area (Å²) in [5.41, 5.74) is 1.05. The van der Waals surface area contributed by atoms with Crippen LogP contribution in [0.5, 0.6) is 0 Å². The number of amides is 1. The Morgan fingerprint density at radius 1 is 1.33 bits per heavy atom. The molecule has 0 saturated carbocycles. The minimum absolute atomic E-state index is 0.220. The van der Waals surface area contributed by atoms with E-state index in [4.69, 9.17) is 5.11 Å². The van der Waals surface area contributed by atoms with Crippen molar-refractivity contribution >= 4 is 22.8 Å². The maximum Gasteiger partial charge on any atom is 0.308 e. The first-order valence-electron chi connectivity index (χ1n) is 6.85. The van der Waals surface area contributed by atoms with E-state index in [0.717, 1.165) is 0 Å². The lowest BCUT2D eigenvalue weighted by Gasteiger charge is -2.30. The molecule has 110 valence electrons. The topological polar surface area (TPSA) is 73.4 Å². The summed E-state index contributed by atoms with van der Waals surface area (Å²) in [4.78, 5) is 28.0. The van der Waals surface area contributed by atoms with Gasteiger partial charge in [0.25, 0.3) is 5.91 Å². The fourth-order valence-corrected chi connectivity index (χ4v) is 2.75. The number of benzene rings is 1. The number of rotatable bonds is 2. The molecule has 1 aromatic carbocycles. The third kappa shape index (κ3) is 2.61. The van der Waals surface area contributed by atoms with Gasteiger partial charge in [-0.15, -0.1) is 0 Å². The van der Waals surface area contributed by atoms with Gasteiger partial charge in [-0.25, -0.2) is 4.39 Å². The first-order chi connectivity index (χ1) is 10.0. The average molecular weight is 290 g/mol. The number of H-pyrrole nitrogens is 1. The van der Waals surface area contributed by atoms with Gasteiger partial charge < -0.3 is 15.0 Å². The third-order valence-corrected chi connectivity index (χ3v) is 3.87. The van der Waals surface area contributed by atoms with Crippen molar-refractivity contribution in [2.24, 2.45) is 5.92 Å². The predicted octanol–water partition coefficient (Wildman–Crippen LogP) is 2.24. The largest absolute Gasteiger partial charge is 0.481 e. The molecule has 0 aliphatic carbocycles. The standard InChI is InChI=1S/C15H15FN2O3/c16-11-3-4-12-10(6-11)7-13(17-12)14(19)18-5-1-2-9(8-18)15(20)21/h3-4,6-7,9,17H,1-2,5,8H2,(H,20,21). The molecule has 1 aliphatic heterocycles. The summed E-state index contributed by atoms with van der Waals surface area (Å²) >= 11 is 0. The lowest BCUT2D eigenvalue weighted by Crippen LogP contribution is -2.42. The second-order valence-electron chi connectivity index (χ2n) is 5.34. The Kier molecular flexibility index (Phi) is 3.37. The fourth-order valence-electron chi connectivity index (χ4n) is 2.75. The van der Waals surface area contributed by atoms with E-state index in [0.29, 0.717) is 36.0 Å². The average Bonchev–Trinajstić information content (AvgIpc) is 2.89. The highest BCUT2D eigenvalue weighted by molar-refractivity contribution is 5.98. The molecule has 0 spiro atoms. The molecule has 2 N–H and O–H groups in total. The Morgan fingerprint density at radius 3 is 2.90 bits per heavy atom. The number of carbonyl (C=O) groups excluding carboxylic acids is 1.